The molecule has 5 heteroatoms. The summed E-state index contributed by atoms with van der Waals surface area (Å²) in [4.78, 5) is 15.1. The molecule has 2 heterocycles. The Labute approximate surface area is 195 Å². The molecular weight excluding hydrogens is 412 g/mol. The van der Waals surface area contributed by atoms with Gasteiger partial charge in [-0.25, -0.2) is 0 Å². The smallest absolute Gasteiger partial charge is 0.251 e. The summed E-state index contributed by atoms with van der Waals surface area (Å²) < 4.78 is 12.1. The number of hydrogen-bond donors (Lipinski definition) is 1. The molecule has 0 spiro atoms. The van der Waals surface area contributed by atoms with Crippen LogP contribution in [0.1, 0.15) is 41.6 Å². The Balaban J connectivity index is 1.14. The molecule has 1 N–H and O–H groups in total. The number of nitrogens with one attached hydrogen (secondary N) is 1. The number of rotatable bonds is 7. The van der Waals surface area contributed by atoms with Crippen molar-refractivity contribution in [3.63, 3.8) is 0 Å². The summed E-state index contributed by atoms with van der Waals surface area (Å²) in [5.41, 5.74) is 1.63. The molecule has 2 bridgehead atoms. The van der Waals surface area contributed by atoms with E-state index < -0.39 is 0 Å². The third-order valence-corrected chi connectivity index (χ3v) is 6.80. The van der Waals surface area contributed by atoms with E-state index in [0.717, 1.165) is 29.9 Å². The lowest BCUT2D eigenvalue weighted by Crippen LogP contribution is -2.43. The number of hydrogen-bond acceptors (Lipinski definition) is 4. The second-order valence-corrected chi connectivity index (χ2v) is 9.03. The number of fused-ring (bicyclic) bond motifs is 2. The van der Waals surface area contributed by atoms with Crippen molar-refractivity contribution in [2.45, 2.75) is 50.4 Å². The van der Waals surface area contributed by atoms with Crippen LogP contribution in [0.3, 0.4) is 0 Å². The molecule has 2 saturated heterocycles. The first-order valence-corrected chi connectivity index (χ1v) is 11.7. The number of carbonyl (C=O) groups is 1. The van der Waals surface area contributed by atoms with E-state index in [0.29, 0.717) is 29.9 Å². The summed E-state index contributed by atoms with van der Waals surface area (Å²) in [7, 11) is 2.24. The summed E-state index contributed by atoms with van der Waals surface area (Å²) >= 11 is 0. The second-order valence-electron chi connectivity index (χ2n) is 9.03. The summed E-state index contributed by atoms with van der Waals surface area (Å²) in [6, 6.07) is 26.1. The van der Waals surface area contributed by atoms with Crippen LogP contribution in [0.25, 0.3) is 0 Å². The zero-order chi connectivity index (χ0) is 22.6. The van der Waals surface area contributed by atoms with Gasteiger partial charge in [-0.15, -0.1) is 0 Å². The van der Waals surface area contributed by atoms with Gasteiger partial charge in [0, 0.05) is 24.2 Å². The van der Waals surface area contributed by atoms with Gasteiger partial charge in [-0.05, 0) is 86.8 Å². The predicted octanol–water partition coefficient (Wildman–Crippen LogP) is 5.41. The van der Waals surface area contributed by atoms with Crippen molar-refractivity contribution < 1.29 is 14.3 Å². The molecule has 2 aliphatic rings. The van der Waals surface area contributed by atoms with Crippen LogP contribution in [0.4, 0.5) is 0 Å². The van der Waals surface area contributed by atoms with Gasteiger partial charge in [0.15, 0.2) is 0 Å². The number of benzene rings is 3. The maximum atomic E-state index is 12.6. The zero-order valence-corrected chi connectivity index (χ0v) is 18.9. The number of amides is 1. The normalized spacial score (nSPS) is 22.0. The van der Waals surface area contributed by atoms with Gasteiger partial charge in [0.2, 0.25) is 0 Å². The van der Waals surface area contributed by atoms with Crippen LogP contribution < -0.4 is 14.8 Å². The van der Waals surface area contributed by atoms with E-state index in [1.807, 2.05) is 66.7 Å². The predicted molar refractivity (Wildman–Crippen MR) is 129 cm³/mol. The number of carbonyl (C=O) groups excluding carboxylic acids is 1. The Morgan fingerprint density at radius 2 is 1.55 bits per heavy atom. The molecule has 0 unspecified atom stereocenters. The molecule has 0 radical (unpaired) electrons. The SMILES string of the molecule is CN1[C@@H]2CC[C@H]1C[C@@H](Oc1cccc(CNC(=O)c3ccc(Oc4ccccc4)cc3)c1)C2. The van der Waals surface area contributed by atoms with Gasteiger partial charge in [-0.3, -0.25) is 4.79 Å². The first-order valence-electron chi connectivity index (χ1n) is 11.7. The van der Waals surface area contributed by atoms with Crippen molar-refractivity contribution in [3.05, 3.63) is 90.0 Å². The standard InChI is InChI=1S/C28H30N2O3/c1-30-22-12-13-23(30)18-27(17-22)33-26-9-5-6-20(16-26)19-29-28(31)21-10-14-25(15-11-21)32-24-7-3-2-4-8-24/h2-11,14-16,22-23,27H,12-13,17-19H2,1H3,(H,29,31)/t22-,23+,27+. The van der Waals surface area contributed by atoms with Gasteiger partial charge in [0.1, 0.15) is 23.4 Å². The Bertz CT molecular complexity index is 1070. The number of ether oxygens (including phenoxy) is 2. The summed E-state index contributed by atoms with van der Waals surface area (Å²) in [5.74, 6) is 2.24. The van der Waals surface area contributed by atoms with Gasteiger partial charge in [-0.1, -0.05) is 30.3 Å². The average molecular weight is 443 g/mol. The van der Waals surface area contributed by atoms with Crippen LogP contribution in [0.5, 0.6) is 17.2 Å². The highest BCUT2D eigenvalue weighted by Crippen LogP contribution is 2.36. The van der Waals surface area contributed by atoms with Crippen LogP contribution in [0, 0.1) is 0 Å². The molecule has 33 heavy (non-hydrogen) atoms. The third kappa shape index (κ3) is 5.20. The minimum Gasteiger partial charge on any atom is -0.490 e. The largest absolute Gasteiger partial charge is 0.490 e. The second kappa shape index (κ2) is 9.67. The lowest BCUT2D eigenvalue weighted by atomic mass is 10.0. The van der Waals surface area contributed by atoms with E-state index >= 15 is 0 Å². The van der Waals surface area contributed by atoms with Gasteiger partial charge in [0.25, 0.3) is 5.91 Å². The van der Waals surface area contributed by atoms with Gasteiger partial charge >= 0.3 is 0 Å². The molecule has 3 aromatic carbocycles. The highest BCUT2D eigenvalue weighted by molar-refractivity contribution is 5.94. The molecule has 3 aromatic rings. The van der Waals surface area contributed by atoms with Crippen LogP contribution >= 0.6 is 0 Å². The highest BCUT2D eigenvalue weighted by atomic mass is 16.5. The first kappa shape index (κ1) is 21.5. The van der Waals surface area contributed by atoms with Crippen molar-refractivity contribution in [3.8, 4) is 17.2 Å². The number of piperidine rings is 1. The van der Waals surface area contributed by atoms with E-state index in [1.54, 1.807) is 12.1 Å². The number of para-hydroxylation sites is 1. The molecule has 2 fully saturated rings. The molecule has 0 aliphatic carbocycles. The van der Waals surface area contributed by atoms with Crippen molar-refractivity contribution in [2.24, 2.45) is 0 Å². The average Bonchev–Trinajstić information content (AvgIpc) is 3.04. The van der Waals surface area contributed by atoms with Gasteiger partial charge in [0.05, 0.1) is 0 Å². The Kier molecular flexibility index (Phi) is 6.31. The van der Waals surface area contributed by atoms with E-state index in [1.165, 1.54) is 12.8 Å². The van der Waals surface area contributed by atoms with Crippen molar-refractivity contribution in [2.75, 3.05) is 7.05 Å². The van der Waals surface area contributed by atoms with E-state index in [-0.39, 0.29) is 12.0 Å². The fourth-order valence-electron chi connectivity index (χ4n) is 4.96. The van der Waals surface area contributed by atoms with Crippen molar-refractivity contribution in [1.29, 1.82) is 0 Å². The summed E-state index contributed by atoms with van der Waals surface area (Å²) in [6.45, 7) is 0.455. The molecule has 0 aromatic heterocycles. The van der Waals surface area contributed by atoms with Crippen molar-refractivity contribution >= 4 is 5.91 Å². The van der Waals surface area contributed by atoms with Crippen LogP contribution in [-0.4, -0.2) is 36.0 Å². The molecule has 3 atom stereocenters. The fourth-order valence-corrected chi connectivity index (χ4v) is 4.96. The summed E-state index contributed by atoms with van der Waals surface area (Å²) in [6.07, 6.45) is 5.04. The van der Waals surface area contributed by atoms with Crippen LogP contribution in [-0.2, 0) is 6.54 Å². The lowest BCUT2D eigenvalue weighted by Gasteiger charge is -2.36. The minimum absolute atomic E-state index is 0.112. The molecular formula is C28H30N2O3. The highest BCUT2D eigenvalue weighted by Gasteiger charge is 2.39. The molecule has 0 saturated carbocycles. The topological polar surface area (TPSA) is 50.8 Å². The molecule has 1 amide bonds. The fraction of sp³-hybridized carbons (Fsp3) is 0.321. The van der Waals surface area contributed by atoms with E-state index in [9.17, 15) is 4.79 Å². The molecule has 5 nitrogen and oxygen atoms in total. The monoisotopic (exact) mass is 442 g/mol. The molecule has 5 rings (SSSR count). The van der Waals surface area contributed by atoms with Crippen LogP contribution in [0.15, 0.2) is 78.9 Å². The Hall–Kier alpha value is -3.31. The first-order chi connectivity index (χ1) is 16.1. The van der Waals surface area contributed by atoms with E-state index in [2.05, 4.69) is 17.3 Å². The Morgan fingerprint density at radius 1 is 0.879 bits per heavy atom. The van der Waals surface area contributed by atoms with E-state index in [4.69, 9.17) is 9.47 Å². The third-order valence-electron chi connectivity index (χ3n) is 6.80. The van der Waals surface area contributed by atoms with Gasteiger partial charge < -0.3 is 19.7 Å². The molecule has 2 aliphatic heterocycles. The quantitative estimate of drug-likeness (QED) is 0.531. The van der Waals surface area contributed by atoms with Crippen molar-refractivity contribution in [1.82, 2.24) is 10.2 Å². The molecule has 170 valence electrons. The maximum Gasteiger partial charge on any atom is 0.251 e. The summed E-state index contributed by atoms with van der Waals surface area (Å²) in [5, 5.41) is 3.00. The minimum atomic E-state index is -0.112. The van der Waals surface area contributed by atoms with Crippen LogP contribution in [0.2, 0.25) is 0 Å². The zero-order valence-electron chi connectivity index (χ0n) is 18.9. The number of nitrogens with zero attached hydrogens (tertiary/aromatic N) is 1. The lowest BCUT2D eigenvalue weighted by molar-refractivity contribution is 0.0661. The Morgan fingerprint density at radius 3 is 2.27 bits per heavy atom. The van der Waals surface area contributed by atoms with Gasteiger partial charge in [-0.2, -0.15) is 0 Å². The maximum absolute atomic E-state index is 12.6.